The zero-order valence-electron chi connectivity index (χ0n) is 12.7. The van der Waals surface area contributed by atoms with Crippen LogP contribution in [0, 0.1) is 17.7 Å². The van der Waals surface area contributed by atoms with Crippen molar-refractivity contribution >= 4 is 12.3 Å². The van der Waals surface area contributed by atoms with Crippen molar-refractivity contribution in [2.24, 2.45) is 5.16 Å². The van der Waals surface area contributed by atoms with E-state index in [9.17, 15) is 9.18 Å². The summed E-state index contributed by atoms with van der Waals surface area (Å²) in [6, 6.07) is 2.60. The molecule has 0 unspecified atom stereocenters. The molecule has 0 aliphatic heterocycles. The molecule has 0 fully saturated rings. The maximum absolute atomic E-state index is 13.2. The second-order valence-electron chi connectivity index (χ2n) is 5.29. The Kier molecular flexibility index (Phi) is 6.32. The van der Waals surface area contributed by atoms with Gasteiger partial charge in [0, 0.05) is 13.0 Å². The fourth-order valence-electron chi connectivity index (χ4n) is 1.37. The second kappa shape index (κ2) is 7.98. The highest BCUT2D eigenvalue weighted by molar-refractivity contribution is 5.76. The van der Waals surface area contributed by atoms with Gasteiger partial charge in [0.05, 0.1) is 6.21 Å². The molecular weight excluding hydrogens is 289 g/mol. The topological polar surface area (TPSA) is 83.8 Å². The molecule has 0 bridgehead atoms. The van der Waals surface area contributed by atoms with Gasteiger partial charge in [-0.1, -0.05) is 11.1 Å². The van der Waals surface area contributed by atoms with Crippen LogP contribution in [0.25, 0.3) is 0 Å². The number of ether oxygens (including phenoxy) is 1. The average Bonchev–Trinajstić information content (AvgIpc) is 2.40. The van der Waals surface area contributed by atoms with Gasteiger partial charge in [-0.15, -0.1) is 0 Å². The number of aromatic nitrogens is 1. The van der Waals surface area contributed by atoms with Gasteiger partial charge < -0.3 is 15.3 Å². The Labute approximate surface area is 128 Å². The SMILES string of the molecule is CC(C)(C)OC(=O)NCCC#Cc1ccc(F)c(/C=N\O)n1. The zero-order valence-corrected chi connectivity index (χ0v) is 12.7. The maximum Gasteiger partial charge on any atom is 0.407 e. The average molecular weight is 307 g/mol. The first-order chi connectivity index (χ1) is 10.3. The van der Waals surface area contributed by atoms with Crippen LogP contribution in [0.1, 0.15) is 38.6 Å². The van der Waals surface area contributed by atoms with E-state index in [-0.39, 0.29) is 5.69 Å². The minimum absolute atomic E-state index is 0.0961. The van der Waals surface area contributed by atoms with Gasteiger partial charge in [-0.25, -0.2) is 14.2 Å². The molecular formula is C15H18FN3O3. The molecule has 7 heteroatoms. The number of rotatable bonds is 3. The van der Waals surface area contributed by atoms with Gasteiger partial charge >= 0.3 is 6.09 Å². The van der Waals surface area contributed by atoms with Crippen LogP contribution < -0.4 is 5.32 Å². The third-order valence-corrected chi connectivity index (χ3v) is 2.19. The van der Waals surface area contributed by atoms with Crippen molar-refractivity contribution < 1.29 is 19.1 Å². The van der Waals surface area contributed by atoms with E-state index in [1.54, 1.807) is 20.8 Å². The molecule has 2 N–H and O–H groups in total. The highest BCUT2D eigenvalue weighted by Crippen LogP contribution is 2.06. The molecule has 22 heavy (non-hydrogen) atoms. The summed E-state index contributed by atoms with van der Waals surface area (Å²) in [7, 11) is 0. The Morgan fingerprint density at radius 1 is 1.55 bits per heavy atom. The van der Waals surface area contributed by atoms with E-state index in [4.69, 9.17) is 9.94 Å². The van der Waals surface area contributed by atoms with Crippen molar-refractivity contribution in [2.45, 2.75) is 32.8 Å². The molecule has 0 aliphatic carbocycles. The lowest BCUT2D eigenvalue weighted by atomic mass is 10.2. The van der Waals surface area contributed by atoms with E-state index < -0.39 is 17.5 Å². The van der Waals surface area contributed by atoms with Gasteiger partial charge in [-0.3, -0.25) is 0 Å². The second-order valence-corrected chi connectivity index (χ2v) is 5.29. The van der Waals surface area contributed by atoms with Crippen LogP contribution >= 0.6 is 0 Å². The van der Waals surface area contributed by atoms with Crippen molar-refractivity contribution in [3.63, 3.8) is 0 Å². The summed E-state index contributed by atoms with van der Waals surface area (Å²) in [6.45, 7) is 5.66. The number of oxime groups is 1. The van der Waals surface area contributed by atoms with Crippen LogP contribution in [0.2, 0.25) is 0 Å². The Hall–Kier alpha value is -2.62. The number of nitrogens with one attached hydrogen (secondary N) is 1. The predicted octanol–water partition coefficient (Wildman–Crippen LogP) is 2.30. The van der Waals surface area contributed by atoms with Crippen molar-refractivity contribution in [3.05, 3.63) is 29.3 Å². The van der Waals surface area contributed by atoms with E-state index in [2.05, 4.69) is 27.3 Å². The lowest BCUT2D eigenvalue weighted by molar-refractivity contribution is 0.0529. The van der Waals surface area contributed by atoms with Crippen LogP contribution in [-0.4, -0.2) is 34.6 Å². The highest BCUT2D eigenvalue weighted by Gasteiger charge is 2.15. The molecule has 0 radical (unpaired) electrons. The van der Waals surface area contributed by atoms with E-state index in [1.165, 1.54) is 12.1 Å². The van der Waals surface area contributed by atoms with E-state index in [0.717, 1.165) is 6.21 Å². The molecule has 0 aromatic carbocycles. The summed E-state index contributed by atoms with van der Waals surface area (Å²) in [5.41, 5.74) is -0.298. The Balaban J connectivity index is 2.48. The number of carbonyl (C=O) groups excluding carboxylic acids is 1. The summed E-state index contributed by atoms with van der Waals surface area (Å²) < 4.78 is 18.3. The summed E-state index contributed by atoms with van der Waals surface area (Å²) in [6.07, 6.45) is 0.780. The molecule has 0 atom stereocenters. The Bertz CT molecular complexity index is 613. The largest absolute Gasteiger partial charge is 0.444 e. The van der Waals surface area contributed by atoms with Crippen LogP contribution in [0.3, 0.4) is 0 Å². The third kappa shape index (κ3) is 6.70. The fraction of sp³-hybridized carbons (Fsp3) is 0.400. The van der Waals surface area contributed by atoms with Crippen molar-refractivity contribution in [1.29, 1.82) is 0 Å². The number of alkyl carbamates (subject to hydrolysis) is 1. The number of pyridine rings is 1. The molecule has 0 saturated carbocycles. The molecule has 1 amide bonds. The summed E-state index contributed by atoms with van der Waals surface area (Å²) in [5, 5.41) is 13.7. The fourth-order valence-corrected chi connectivity index (χ4v) is 1.37. The predicted molar refractivity (Wildman–Crippen MR) is 79.3 cm³/mol. The van der Waals surface area contributed by atoms with Crippen LogP contribution in [-0.2, 0) is 4.74 Å². The molecule has 1 aromatic rings. The number of carbonyl (C=O) groups is 1. The van der Waals surface area contributed by atoms with Crippen molar-refractivity contribution in [3.8, 4) is 11.8 Å². The maximum atomic E-state index is 13.2. The smallest absolute Gasteiger partial charge is 0.407 e. The Morgan fingerprint density at radius 2 is 2.27 bits per heavy atom. The summed E-state index contributed by atoms with van der Waals surface area (Å²) in [4.78, 5) is 15.2. The molecule has 1 rings (SSSR count). The first kappa shape index (κ1) is 17.4. The molecule has 118 valence electrons. The highest BCUT2D eigenvalue weighted by atomic mass is 19.1. The van der Waals surface area contributed by atoms with Crippen LogP contribution in [0.4, 0.5) is 9.18 Å². The number of hydrogen-bond donors (Lipinski definition) is 2. The lowest BCUT2D eigenvalue weighted by Crippen LogP contribution is -2.32. The van der Waals surface area contributed by atoms with E-state index in [0.29, 0.717) is 18.7 Å². The van der Waals surface area contributed by atoms with Crippen molar-refractivity contribution in [1.82, 2.24) is 10.3 Å². The number of amides is 1. The molecule has 1 aromatic heterocycles. The normalized spacial score (nSPS) is 10.9. The van der Waals surface area contributed by atoms with Crippen molar-refractivity contribution in [2.75, 3.05) is 6.54 Å². The number of nitrogens with zero attached hydrogens (tertiary/aromatic N) is 2. The van der Waals surface area contributed by atoms with Gasteiger partial charge in [-0.05, 0) is 38.8 Å². The van der Waals surface area contributed by atoms with Crippen LogP contribution in [0.15, 0.2) is 17.3 Å². The summed E-state index contributed by atoms with van der Waals surface area (Å²) >= 11 is 0. The standard InChI is InChI=1S/C15H18FN3O3/c1-15(2,3)22-14(20)17-9-5-4-6-11-7-8-12(16)13(19-11)10-18-21/h7-8,10,21H,5,9H2,1-3H3,(H,17,20)/b18-10-. The van der Waals surface area contributed by atoms with Gasteiger partial charge in [-0.2, -0.15) is 0 Å². The van der Waals surface area contributed by atoms with E-state index >= 15 is 0 Å². The quantitative estimate of drug-likeness (QED) is 0.295. The molecule has 6 nitrogen and oxygen atoms in total. The number of hydrogen-bond acceptors (Lipinski definition) is 5. The minimum Gasteiger partial charge on any atom is -0.444 e. The Morgan fingerprint density at radius 3 is 2.91 bits per heavy atom. The van der Waals surface area contributed by atoms with Gasteiger partial charge in [0.15, 0.2) is 5.82 Å². The molecule has 0 spiro atoms. The lowest BCUT2D eigenvalue weighted by Gasteiger charge is -2.19. The van der Waals surface area contributed by atoms with Gasteiger partial charge in [0.25, 0.3) is 0 Å². The molecule has 0 saturated heterocycles. The first-order valence-corrected chi connectivity index (χ1v) is 6.61. The zero-order chi connectivity index (χ0) is 16.6. The van der Waals surface area contributed by atoms with Gasteiger partial charge in [0.1, 0.15) is 17.0 Å². The third-order valence-electron chi connectivity index (χ3n) is 2.19. The minimum atomic E-state index is -0.602. The van der Waals surface area contributed by atoms with Gasteiger partial charge in [0.2, 0.25) is 0 Å². The molecule has 1 heterocycles. The van der Waals surface area contributed by atoms with E-state index in [1.807, 2.05) is 0 Å². The number of halogens is 1. The van der Waals surface area contributed by atoms with Crippen LogP contribution in [0.5, 0.6) is 0 Å². The molecule has 0 aliphatic rings. The first-order valence-electron chi connectivity index (χ1n) is 6.61. The monoisotopic (exact) mass is 307 g/mol. The summed E-state index contributed by atoms with van der Waals surface area (Å²) in [5.74, 6) is 4.92.